The van der Waals surface area contributed by atoms with Gasteiger partial charge in [-0.3, -0.25) is 5.10 Å². The van der Waals surface area contributed by atoms with Crippen LogP contribution in [0.1, 0.15) is 31.0 Å². The third-order valence-corrected chi connectivity index (χ3v) is 5.55. The SMILES string of the molecule is CC1CCC(=Nc2nc3c(c(Nc4ccc(-c5cn[nH]c5)cc4)n2)COC3)CNC1. The summed E-state index contributed by atoms with van der Waals surface area (Å²) in [6, 6.07) is 8.19. The fourth-order valence-electron chi connectivity index (χ4n) is 3.79. The second kappa shape index (κ2) is 8.33. The molecule has 0 aliphatic carbocycles. The molecule has 2 aliphatic rings. The smallest absolute Gasteiger partial charge is 0.251 e. The zero-order valence-electron chi connectivity index (χ0n) is 17.0. The number of ether oxygens (including phenoxy) is 1. The van der Waals surface area contributed by atoms with Crippen LogP contribution in [0.25, 0.3) is 11.1 Å². The maximum atomic E-state index is 5.63. The van der Waals surface area contributed by atoms with E-state index >= 15 is 0 Å². The molecular formula is C22H25N7O. The van der Waals surface area contributed by atoms with Gasteiger partial charge in [-0.15, -0.1) is 0 Å². The Morgan fingerprint density at radius 2 is 2.03 bits per heavy atom. The number of aromatic nitrogens is 4. The molecule has 0 bridgehead atoms. The molecule has 3 aromatic rings. The van der Waals surface area contributed by atoms with E-state index in [0.717, 1.165) is 65.5 Å². The van der Waals surface area contributed by atoms with Gasteiger partial charge in [-0.25, -0.2) is 9.98 Å². The van der Waals surface area contributed by atoms with Gasteiger partial charge in [-0.2, -0.15) is 10.1 Å². The molecule has 1 aromatic carbocycles. The molecule has 8 heteroatoms. The molecule has 154 valence electrons. The van der Waals surface area contributed by atoms with E-state index in [-0.39, 0.29) is 0 Å². The minimum absolute atomic E-state index is 0.499. The van der Waals surface area contributed by atoms with Gasteiger partial charge in [0, 0.05) is 35.3 Å². The van der Waals surface area contributed by atoms with E-state index in [1.165, 1.54) is 0 Å². The van der Waals surface area contributed by atoms with E-state index < -0.39 is 0 Å². The Balaban J connectivity index is 1.41. The van der Waals surface area contributed by atoms with Gasteiger partial charge in [0.15, 0.2) is 0 Å². The van der Waals surface area contributed by atoms with Gasteiger partial charge in [0.25, 0.3) is 5.95 Å². The Morgan fingerprint density at radius 3 is 2.87 bits per heavy atom. The first-order valence-electron chi connectivity index (χ1n) is 10.4. The number of fused-ring (bicyclic) bond motifs is 1. The van der Waals surface area contributed by atoms with Crippen LogP contribution in [-0.4, -0.2) is 39.0 Å². The highest BCUT2D eigenvalue weighted by Gasteiger charge is 2.21. The molecule has 0 radical (unpaired) electrons. The van der Waals surface area contributed by atoms with Gasteiger partial charge in [0.05, 0.1) is 25.1 Å². The maximum Gasteiger partial charge on any atom is 0.251 e. The summed E-state index contributed by atoms with van der Waals surface area (Å²) in [5, 5.41) is 13.7. The first kappa shape index (κ1) is 18.9. The Hall–Kier alpha value is -3.10. The number of H-pyrrole nitrogens is 1. The standard InChI is InChI=1S/C22H25N7O/c1-14-2-5-18(11-23-8-14)27-22-28-20-13-30-12-19(20)21(29-22)26-17-6-3-15(4-7-17)16-9-24-25-10-16/h3-4,6-7,9-10,14,23H,2,5,8,11-13H2,1H3,(H,24,25)(H,26,28,29). The minimum Gasteiger partial charge on any atom is -0.370 e. The molecule has 8 nitrogen and oxygen atoms in total. The summed E-state index contributed by atoms with van der Waals surface area (Å²) in [6.45, 7) is 5.10. The first-order valence-corrected chi connectivity index (χ1v) is 10.4. The Kier molecular flexibility index (Phi) is 5.25. The highest BCUT2D eigenvalue weighted by atomic mass is 16.5. The molecule has 0 saturated carbocycles. The summed E-state index contributed by atoms with van der Waals surface area (Å²) in [5.74, 6) is 1.93. The third-order valence-electron chi connectivity index (χ3n) is 5.55. The Labute approximate surface area is 175 Å². The van der Waals surface area contributed by atoms with E-state index in [1.807, 2.05) is 24.5 Å². The molecule has 4 heterocycles. The third kappa shape index (κ3) is 4.10. The van der Waals surface area contributed by atoms with Crippen LogP contribution in [0.3, 0.4) is 0 Å². The van der Waals surface area contributed by atoms with Gasteiger partial charge in [0.1, 0.15) is 5.82 Å². The molecule has 1 atom stereocenters. The Bertz CT molecular complexity index is 1040. The lowest BCUT2D eigenvalue weighted by Gasteiger charge is -2.11. The maximum absolute atomic E-state index is 5.63. The molecule has 2 aromatic heterocycles. The van der Waals surface area contributed by atoms with Crippen molar-refractivity contribution in [3.63, 3.8) is 0 Å². The van der Waals surface area contributed by atoms with Crippen molar-refractivity contribution in [2.75, 3.05) is 18.4 Å². The number of rotatable bonds is 4. The van der Waals surface area contributed by atoms with Crippen molar-refractivity contribution in [1.29, 1.82) is 0 Å². The van der Waals surface area contributed by atoms with Crippen LogP contribution in [0.15, 0.2) is 41.7 Å². The molecule has 5 rings (SSSR count). The molecule has 30 heavy (non-hydrogen) atoms. The first-order chi connectivity index (χ1) is 14.7. The lowest BCUT2D eigenvalue weighted by Crippen LogP contribution is -2.22. The van der Waals surface area contributed by atoms with Gasteiger partial charge in [-0.05, 0) is 43.0 Å². The number of aliphatic imine (C=N–C) groups is 1. The van der Waals surface area contributed by atoms with Crippen molar-refractivity contribution in [2.24, 2.45) is 10.9 Å². The van der Waals surface area contributed by atoms with Crippen LogP contribution in [0.5, 0.6) is 0 Å². The van der Waals surface area contributed by atoms with Gasteiger partial charge >= 0.3 is 0 Å². The fourth-order valence-corrected chi connectivity index (χ4v) is 3.79. The number of nitrogens with one attached hydrogen (secondary N) is 3. The zero-order chi connectivity index (χ0) is 20.3. The van der Waals surface area contributed by atoms with Crippen LogP contribution in [0, 0.1) is 5.92 Å². The Morgan fingerprint density at radius 1 is 1.13 bits per heavy atom. The van der Waals surface area contributed by atoms with E-state index in [1.54, 1.807) is 0 Å². The number of aromatic amines is 1. The van der Waals surface area contributed by atoms with Crippen LogP contribution in [0.2, 0.25) is 0 Å². The lowest BCUT2D eigenvalue weighted by molar-refractivity contribution is 0.133. The predicted octanol–water partition coefficient (Wildman–Crippen LogP) is 3.73. The fraction of sp³-hybridized carbons (Fsp3) is 0.364. The quantitative estimate of drug-likeness (QED) is 0.614. The van der Waals surface area contributed by atoms with Gasteiger partial charge in [-0.1, -0.05) is 19.1 Å². The van der Waals surface area contributed by atoms with Crippen molar-refractivity contribution in [3.8, 4) is 11.1 Å². The van der Waals surface area contributed by atoms with Crippen molar-refractivity contribution in [1.82, 2.24) is 25.5 Å². The van der Waals surface area contributed by atoms with Crippen molar-refractivity contribution >= 4 is 23.2 Å². The molecular weight excluding hydrogens is 378 g/mol. The monoisotopic (exact) mass is 403 g/mol. The number of hydrogen-bond donors (Lipinski definition) is 3. The number of hydrogen-bond acceptors (Lipinski definition) is 7. The molecule has 0 spiro atoms. The molecule has 1 unspecified atom stereocenters. The summed E-state index contributed by atoms with van der Waals surface area (Å²) in [6.07, 6.45) is 5.80. The predicted molar refractivity (Wildman–Crippen MR) is 116 cm³/mol. The lowest BCUT2D eigenvalue weighted by atomic mass is 10.1. The number of anilines is 2. The summed E-state index contributed by atoms with van der Waals surface area (Å²) in [5.41, 5.74) is 6.14. The van der Waals surface area contributed by atoms with E-state index in [4.69, 9.17) is 14.7 Å². The summed E-state index contributed by atoms with van der Waals surface area (Å²) >= 11 is 0. The number of benzene rings is 1. The van der Waals surface area contributed by atoms with Crippen LogP contribution < -0.4 is 10.6 Å². The molecule has 1 fully saturated rings. The topological polar surface area (TPSA) is 100 Å². The average molecular weight is 403 g/mol. The van der Waals surface area contributed by atoms with E-state index in [0.29, 0.717) is 25.1 Å². The zero-order valence-corrected chi connectivity index (χ0v) is 17.0. The molecule has 0 amide bonds. The van der Waals surface area contributed by atoms with E-state index in [2.05, 4.69) is 44.9 Å². The van der Waals surface area contributed by atoms with E-state index in [9.17, 15) is 0 Å². The summed E-state index contributed by atoms with van der Waals surface area (Å²) in [4.78, 5) is 14.1. The van der Waals surface area contributed by atoms with Crippen LogP contribution in [0.4, 0.5) is 17.5 Å². The normalized spacial score (nSPS) is 20.2. The minimum atomic E-state index is 0.499. The molecule has 1 saturated heterocycles. The highest BCUT2D eigenvalue weighted by Crippen LogP contribution is 2.30. The average Bonchev–Trinajstić information content (AvgIpc) is 3.41. The largest absolute Gasteiger partial charge is 0.370 e. The summed E-state index contributed by atoms with van der Waals surface area (Å²) < 4.78 is 5.63. The summed E-state index contributed by atoms with van der Waals surface area (Å²) in [7, 11) is 0. The van der Waals surface area contributed by atoms with Crippen LogP contribution in [-0.2, 0) is 18.0 Å². The highest BCUT2D eigenvalue weighted by molar-refractivity contribution is 5.88. The molecule has 2 aliphatic heterocycles. The van der Waals surface area contributed by atoms with Crippen molar-refractivity contribution < 1.29 is 4.74 Å². The van der Waals surface area contributed by atoms with Crippen LogP contribution >= 0.6 is 0 Å². The number of nitrogens with zero attached hydrogens (tertiary/aromatic N) is 4. The van der Waals surface area contributed by atoms with Crippen molar-refractivity contribution in [2.45, 2.75) is 33.0 Å². The van der Waals surface area contributed by atoms with Gasteiger partial charge in [0.2, 0.25) is 0 Å². The second-order valence-corrected chi connectivity index (χ2v) is 7.93. The molecule has 3 N–H and O–H groups in total. The second-order valence-electron chi connectivity index (χ2n) is 7.93. The van der Waals surface area contributed by atoms with Crippen molar-refractivity contribution in [3.05, 3.63) is 47.9 Å². The van der Waals surface area contributed by atoms with Gasteiger partial charge < -0.3 is 15.4 Å².